The number of carbonyl (C=O) groups is 2. The Bertz CT molecular complexity index is 522. The van der Waals surface area contributed by atoms with Gasteiger partial charge in [0.15, 0.2) is 0 Å². The minimum Gasteiger partial charge on any atom is -0.466 e. The Kier molecular flexibility index (Phi) is 6.49. The Morgan fingerprint density at radius 3 is 2.65 bits per heavy atom. The van der Waals surface area contributed by atoms with E-state index in [2.05, 4.69) is 5.32 Å². The Morgan fingerprint density at radius 2 is 2.00 bits per heavy atom. The largest absolute Gasteiger partial charge is 0.466 e. The van der Waals surface area contributed by atoms with Crippen molar-refractivity contribution in [2.75, 3.05) is 11.9 Å². The Morgan fingerprint density at radius 1 is 1.25 bits per heavy atom. The van der Waals surface area contributed by atoms with E-state index in [-0.39, 0.29) is 24.3 Å². The van der Waals surface area contributed by atoms with Crippen LogP contribution in [0, 0.1) is 0 Å². The number of pyridine rings is 1. The number of aromatic nitrogens is 1. The zero-order chi connectivity index (χ0) is 15.0. The van der Waals surface area contributed by atoms with E-state index in [0.717, 1.165) is 6.42 Å². The lowest BCUT2D eigenvalue weighted by molar-refractivity contribution is -0.144. The highest BCUT2D eigenvalue weighted by Gasteiger charge is 2.08. The van der Waals surface area contributed by atoms with Crippen molar-refractivity contribution in [3.8, 4) is 0 Å². The molecule has 0 aliphatic rings. The van der Waals surface area contributed by atoms with Crippen molar-refractivity contribution < 1.29 is 14.3 Å². The first-order chi connectivity index (χ1) is 9.56. The van der Waals surface area contributed by atoms with Gasteiger partial charge in [0.1, 0.15) is 0 Å². The summed E-state index contributed by atoms with van der Waals surface area (Å²) in [5.41, 5.74) is 0.447. The first kappa shape index (κ1) is 15.9. The van der Waals surface area contributed by atoms with E-state index in [1.54, 1.807) is 23.8 Å². The van der Waals surface area contributed by atoms with Gasteiger partial charge in [-0.15, -0.1) is 0 Å². The lowest BCUT2D eigenvalue weighted by Crippen LogP contribution is -2.20. The number of ether oxygens (including phenoxy) is 1. The second-order valence-corrected chi connectivity index (χ2v) is 4.30. The summed E-state index contributed by atoms with van der Waals surface area (Å²) in [6.45, 7) is 4.60. The van der Waals surface area contributed by atoms with E-state index < -0.39 is 5.97 Å². The Labute approximate surface area is 117 Å². The van der Waals surface area contributed by atoms with Crippen LogP contribution in [0.25, 0.3) is 0 Å². The van der Waals surface area contributed by atoms with Crippen LogP contribution in [0.4, 0.5) is 5.69 Å². The van der Waals surface area contributed by atoms with Gasteiger partial charge in [0.25, 0.3) is 5.56 Å². The molecule has 1 aromatic heterocycles. The number of nitrogens with zero attached hydrogens (tertiary/aromatic N) is 1. The number of aryl methyl sites for hydroxylation is 1. The molecule has 0 radical (unpaired) electrons. The molecule has 1 heterocycles. The van der Waals surface area contributed by atoms with Crippen molar-refractivity contribution in [1.82, 2.24) is 4.57 Å². The number of hydrogen-bond acceptors (Lipinski definition) is 4. The number of anilines is 1. The lowest BCUT2D eigenvalue weighted by Gasteiger charge is -2.08. The zero-order valence-electron chi connectivity index (χ0n) is 11.8. The summed E-state index contributed by atoms with van der Waals surface area (Å²) in [4.78, 5) is 34.3. The predicted octanol–water partition coefficient (Wildman–Crippen LogP) is 1.54. The van der Waals surface area contributed by atoms with Gasteiger partial charge in [0.05, 0.1) is 18.7 Å². The zero-order valence-corrected chi connectivity index (χ0v) is 11.8. The van der Waals surface area contributed by atoms with E-state index in [0.29, 0.717) is 18.8 Å². The molecule has 0 aliphatic carbocycles. The molecule has 0 saturated heterocycles. The number of hydrogen-bond donors (Lipinski definition) is 1. The quantitative estimate of drug-likeness (QED) is 0.768. The maximum atomic E-state index is 11.7. The van der Waals surface area contributed by atoms with Crippen molar-refractivity contribution in [2.45, 2.75) is 39.7 Å². The fourth-order valence-electron chi connectivity index (χ4n) is 1.69. The highest BCUT2D eigenvalue weighted by atomic mass is 16.5. The molecule has 0 unspecified atom stereocenters. The maximum Gasteiger partial charge on any atom is 0.306 e. The minimum absolute atomic E-state index is 0.0499. The highest BCUT2D eigenvalue weighted by Crippen LogP contribution is 2.05. The first-order valence-corrected chi connectivity index (χ1v) is 6.72. The molecule has 1 amide bonds. The third-order valence-corrected chi connectivity index (χ3v) is 2.59. The Hall–Kier alpha value is -2.11. The van der Waals surface area contributed by atoms with Gasteiger partial charge in [0.2, 0.25) is 5.91 Å². The average Bonchev–Trinajstić information content (AvgIpc) is 2.41. The topological polar surface area (TPSA) is 77.4 Å². The van der Waals surface area contributed by atoms with Crippen LogP contribution < -0.4 is 10.9 Å². The minimum atomic E-state index is -0.390. The van der Waals surface area contributed by atoms with Crippen LogP contribution in [0.3, 0.4) is 0 Å². The van der Waals surface area contributed by atoms with Crippen molar-refractivity contribution in [2.24, 2.45) is 0 Å². The standard InChI is InChI=1S/C14H20N2O4/c1-3-9-16-10-11(5-7-13(16)18)15-12(17)6-8-14(19)20-4-2/h5,7,10H,3-4,6,8-9H2,1-2H3,(H,15,17). The molecule has 6 heteroatoms. The third-order valence-electron chi connectivity index (χ3n) is 2.59. The van der Waals surface area contributed by atoms with Crippen LogP contribution in [0.1, 0.15) is 33.1 Å². The molecule has 20 heavy (non-hydrogen) atoms. The molecule has 1 N–H and O–H groups in total. The number of amides is 1. The molecule has 0 bridgehead atoms. The van der Waals surface area contributed by atoms with Gasteiger partial charge < -0.3 is 14.6 Å². The fraction of sp³-hybridized carbons (Fsp3) is 0.500. The molecule has 1 rings (SSSR count). The monoisotopic (exact) mass is 280 g/mol. The first-order valence-electron chi connectivity index (χ1n) is 6.72. The SMILES string of the molecule is CCCn1cc(NC(=O)CCC(=O)OCC)ccc1=O. The third kappa shape index (κ3) is 5.26. The number of esters is 1. The van der Waals surface area contributed by atoms with Gasteiger partial charge in [-0.05, 0) is 19.4 Å². The van der Waals surface area contributed by atoms with Gasteiger partial charge in [-0.25, -0.2) is 0 Å². The molecule has 1 aromatic rings. The summed E-state index contributed by atoms with van der Waals surface area (Å²) in [7, 11) is 0. The smallest absolute Gasteiger partial charge is 0.306 e. The number of nitrogens with one attached hydrogen (secondary N) is 1. The maximum absolute atomic E-state index is 11.7. The van der Waals surface area contributed by atoms with Gasteiger partial charge in [-0.3, -0.25) is 14.4 Å². The molecule has 0 aromatic carbocycles. The van der Waals surface area contributed by atoms with Crippen molar-refractivity contribution in [1.29, 1.82) is 0 Å². The molecule has 0 spiro atoms. The second-order valence-electron chi connectivity index (χ2n) is 4.30. The van der Waals surface area contributed by atoms with Gasteiger partial charge in [-0.1, -0.05) is 6.92 Å². The number of rotatable bonds is 7. The predicted molar refractivity (Wildman–Crippen MR) is 75.5 cm³/mol. The van der Waals surface area contributed by atoms with Crippen molar-refractivity contribution in [3.05, 3.63) is 28.7 Å². The summed E-state index contributed by atoms with van der Waals surface area (Å²) >= 11 is 0. The van der Waals surface area contributed by atoms with Crippen LogP contribution in [0.2, 0.25) is 0 Å². The van der Waals surface area contributed by atoms with Crippen LogP contribution in [0.15, 0.2) is 23.1 Å². The van der Waals surface area contributed by atoms with E-state index in [4.69, 9.17) is 4.74 Å². The van der Waals surface area contributed by atoms with Crippen LogP contribution in [-0.4, -0.2) is 23.1 Å². The Balaban J connectivity index is 2.55. The normalized spacial score (nSPS) is 10.1. The van der Waals surface area contributed by atoms with Crippen LogP contribution in [0.5, 0.6) is 0 Å². The lowest BCUT2D eigenvalue weighted by atomic mass is 10.3. The highest BCUT2D eigenvalue weighted by molar-refractivity contribution is 5.92. The van der Waals surface area contributed by atoms with Gasteiger partial charge >= 0.3 is 5.97 Å². The molecular weight excluding hydrogens is 260 g/mol. The van der Waals surface area contributed by atoms with Gasteiger partial charge in [0, 0.05) is 25.2 Å². The van der Waals surface area contributed by atoms with Crippen molar-refractivity contribution in [3.63, 3.8) is 0 Å². The van der Waals surface area contributed by atoms with Crippen LogP contribution >= 0.6 is 0 Å². The molecule has 110 valence electrons. The average molecular weight is 280 g/mol. The van der Waals surface area contributed by atoms with Gasteiger partial charge in [-0.2, -0.15) is 0 Å². The molecule has 0 saturated carbocycles. The molecule has 6 nitrogen and oxygen atoms in total. The summed E-state index contributed by atoms with van der Waals surface area (Å²) in [5.74, 6) is -0.668. The van der Waals surface area contributed by atoms with E-state index in [1.807, 2.05) is 6.92 Å². The summed E-state index contributed by atoms with van der Waals surface area (Å²) in [6, 6.07) is 2.97. The summed E-state index contributed by atoms with van der Waals surface area (Å²) in [6.07, 6.45) is 2.55. The van der Waals surface area contributed by atoms with Crippen LogP contribution in [-0.2, 0) is 20.9 Å². The summed E-state index contributed by atoms with van der Waals surface area (Å²) < 4.78 is 6.29. The van der Waals surface area contributed by atoms with E-state index in [1.165, 1.54) is 6.07 Å². The molecule has 0 aliphatic heterocycles. The van der Waals surface area contributed by atoms with E-state index in [9.17, 15) is 14.4 Å². The van der Waals surface area contributed by atoms with Crippen molar-refractivity contribution >= 4 is 17.6 Å². The second kappa shape index (κ2) is 8.14. The molecular formula is C14H20N2O4. The fourth-order valence-corrected chi connectivity index (χ4v) is 1.69. The number of carbonyl (C=O) groups excluding carboxylic acids is 2. The summed E-state index contributed by atoms with van der Waals surface area (Å²) in [5, 5.41) is 2.66. The molecule has 0 fully saturated rings. The molecule has 0 atom stereocenters. The van der Waals surface area contributed by atoms with E-state index >= 15 is 0 Å².